The first kappa shape index (κ1) is 14.5. The van der Waals surface area contributed by atoms with E-state index in [-0.39, 0.29) is 18.2 Å². The molecule has 0 radical (unpaired) electrons. The first-order valence-electron chi connectivity index (χ1n) is 6.96. The Labute approximate surface area is 131 Å². The molecule has 1 unspecified atom stereocenters. The second-order valence-electron chi connectivity index (χ2n) is 4.99. The summed E-state index contributed by atoms with van der Waals surface area (Å²) in [5, 5.41) is 5.77. The average molecular weight is 313 g/mol. The molecule has 1 aliphatic rings. The quantitative estimate of drug-likeness (QED) is 0.838. The van der Waals surface area contributed by atoms with E-state index in [0.29, 0.717) is 17.8 Å². The summed E-state index contributed by atoms with van der Waals surface area (Å²) in [4.78, 5) is 26.2. The predicted molar refractivity (Wildman–Crippen MR) is 91.1 cm³/mol. The number of rotatable bonds is 2. The first-order valence-corrected chi connectivity index (χ1v) is 7.54. The number of hydrogen-bond acceptors (Lipinski definition) is 3. The summed E-state index contributed by atoms with van der Waals surface area (Å²) >= 11 is 0. The van der Waals surface area contributed by atoms with Crippen LogP contribution in [0.4, 0.5) is 17.1 Å². The number of benzene rings is 2. The van der Waals surface area contributed by atoms with E-state index in [0.717, 1.165) is 11.4 Å². The van der Waals surface area contributed by atoms with Gasteiger partial charge in [-0.1, -0.05) is 12.1 Å². The van der Waals surface area contributed by atoms with Crippen molar-refractivity contribution in [2.24, 2.45) is 0 Å². The zero-order valence-corrected chi connectivity index (χ0v) is 13.0. The minimum atomic E-state index is -0.112. The smallest absolute Gasteiger partial charge is 0.258 e. The zero-order valence-electron chi connectivity index (χ0n) is 11.9. The molecule has 0 fully saturated rings. The lowest BCUT2D eigenvalue weighted by atomic mass is 10.1. The summed E-state index contributed by atoms with van der Waals surface area (Å²) in [5.41, 5.74) is 2.90. The Hall–Kier alpha value is -2.39. The van der Waals surface area contributed by atoms with Crippen LogP contribution in [-0.4, -0.2) is 18.4 Å². The lowest BCUT2D eigenvalue weighted by Crippen LogP contribution is -2.31. The molecule has 2 amide bonds. The molecule has 0 aliphatic carbocycles. The van der Waals surface area contributed by atoms with Gasteiger partial charge < -0.3 is 15.3 Å². The van der Waals surface area contributed by atoms with Gasteiger partial charge in [0.15, 0.2) is 0 Å². The number of nitrogens with one attached hydrogen (secondary N) is 2. The van der Waals surface area contributed by atoms with Crippen LogP contribution in [0.2, 0.25) is 0 Å². The number of fused-ring (bicyclic) bond motifs is 1. The monoisotopic (exact) mass is 313 g/mol. The van der Waals surface area contributed by atoms with E-state index in [1.165, 1.54) is 0 Å². The molecule has 0 spiro atoms. The van der Waals surface area contributed by atoms with Crippen LogP contribution in [-0.2, 0) is 4.79 Å². The number of hydrogen-bond donors (Lipinski definition) is 2. The molecular weight excluding hydrogens is 297 g/mol. The fourth-order valence-electron chi connectivity index (χ4n) is 2.44. The van der Waals surface area contributed by atoms with Gasteiger partial charge >= 0.3 is 0 Å². The summed E-state index contributed by atoms with van der Waals surface area (Å²) in [6, 6.07) is 14.6. The van der Waals surface area contributed by atoms with Gasteiger partial charge in [-0.05, 0) is 45.8 Å². The number of nitrogens with zero attached hydrogens (tertiary/aromatic N) is 1. The second-order valence-corrected chi connectivity index (χ2v) is 5.28. The Bertz CT molecular complexity index is 716. The predicted octanol–water partition coefficient (Wildman–Crippen LogP) is 2.88. The van der Waals surface area contributed by atoms with Crippen molar-refractivity contribution in [1.82, 2.24) is 0 Å². The largest absolute Gasteiger partial charge is 0.369 e. The minimum absolute atomic E-state index is 0.0784. The summed E-state index contributed by atoms with van der Waals surface area (Å²) < 4.78 is 0. The summed E-state index contributed by atoms with van der Waals surface area (Å²) in [6.45, 7) is 0.366. The molecule has 2 aromatic rings. The van der Waals surface area contributed by atoms with E-state index in [1.807, 2.05) is 30.3 Å². The van der Waals surface area contributed by atoms with E-state index in [4.69, 9.17) is 0 Å². The van der Waals surface area contributed by atoms with Crippen molar-refractivity contribution in [3.63, 3.8) is 0 Å². The van der Waals surface area contributed by atoms with E-state index in [1.54, 1.807) is 23.1 Å². The van der Waals surface area contributed by atoms with Gasteiger partial charge in [-0.25, -0.2) is 0 Å². The highest BCUT2D eigenvalue weighted by molar-refractivity contribution is 7.18. The molecule has 2 aromatic carbocycles. The molecule has 1 atom stereocenters. The number of amides is 2. The van der Waals surface area contributed by atoms with Crippen molar-refractivity contribution < 1.29 is 9.59 Å². The van der Waals surface area contributed by atoms with Crippen molar-refractivity contribution in [3.05, 3.63) is 54.1 Å². The number of carbonyl (C=O) groups excluding carboxylic acids is 2. The van der Waals surface area contributed by atoms with Crippen LogP contribution in [0.1, 0.15) is 16.8 Å². The Morgan fingerprint density at radius 2 is 1.86 bits per heavy atom. The van der Waals surface area contributed by atoms with Crippen molar-refractivity contribution in [3.8, 4) is 0 Å². The van der Waals surface area contributed by atoms with Crippen molar-refractivity contribution in [2.75, 3.05) is 21.8 Å². The highest BCUT2D eigenvalue weighted by Crippen LogP contribution is 2.29. The van der Waals surface area contributed by atoms with Crippen LogP contribution in [0.3, 0.4) is 0 Å². The summed E-state index contributed by atoms with van der Waals surface area (Å²) in [5.74, 6) is -0.190. The molecule has 5 nitrogen and oxygen atoms in total. The van der Waals surface area contributed by atoms with E-state index >= 15 is 0 Å². The number of carbonyl (C=O) groups is 2. The summed E-state index contributed by atoms with van der Waals surface area (Å²) in [6.07, 6.45) is 0.283. The van der Waals surface area contributed by atoms with Crippen molar-refractivity contribution in [1.29, 1.82) is 0 Å². The van der Waals surface area contributed by atoms with Crippen LogP contribution >= 0.6 is 9.39 Å². The third-order valence-corrected chi connectivity index (χ3v) is 3.91. The number of para-hydroxylation sites is 2. The van der Waals surface area contributed by atoms with Gasteiger partial charge in [0.2, 0.25) is 5.91 Å². The van der Waals surface area contributed by atoms with Gasteiger partial charge in [0.05, 0.1) is 11.4 Å². The zero-order chi connectivity index (χ0) is 15.5. The number of anilines is 3. The molecule has 6 heteroatoms. The molecule has 1 heterocycles. The third-order valence-electron chi connectivity index (χ3n) is 3.58. The first-order chi connectivity index (χ1) is 10.7. The standard InChI is InChI=1S/C16H16N3O2P/c20-15-9-10-19(14-4-2-1-3-13(14)17-15)16(21)11-5-7-12(18-22)8-6-11/h1-8,18H,9-10,22H2,(H,17,20). The molecule has 0 bridgehead atoms. The molecule has 3 rings (SSSR count). The minimum Gasteiger partial charge on any atom is -0.369 e. The van der Waals surface area contributed by atoms with Gasteiger partial charge in [-0.2, -0.15) is 0 Å². The molecule has 2 N–H and O–H groups in total. The Balaban J connectivity index is 1.95. The SMILES string of the molecule is O=C1CCN(C(=O)c2ccc(NP)cc2)c2ccccc2N1. The van der Waals surface area contributed by atoms with E-state index in [2.05, 4.69) is 19.8 Å². The Morgan fingerprint density at radius 1 is 1.14 bits per heavy atom. The lowest BCUT2D eigenvalue weighted by Gasteiger charge is -2.22. The molecule has 112 valence electrons. The average Bonchev–Trinajstić information content (AvgIpc) is 2.72. The Kier molecular flexibility index (Phi) is 4.07. The normalized spacial score (nSPS) is 13.9. The Morgan fingerprint density at radius 3 is 2.59 bits per heavy atom. The van der Waals surface area contributed by atoms with Crippen molar-refractivity contribution in [2.45, 2.75) is 6.42 Å². The maximum Gasteiger partial charge on any atom is 0.258 e. The molecular formula is C16H16N3O2P. The van der Waals surface area contributed by atoms with Crippen LogP contribution in [0.15, 0.2) is 48.5 Å². The lowest BCUT2D eigenvalue weighted by molar-refractivity contribution is -0.115. The fourth-order valence-corrected chi connectivity index (χ4v) is 2.63. The van der Waals surface area contributed by atoms with Crippen LogP contribution in [0, 0.1) is 0 Å². The third kappa shape index (κ3) is 2.81. The van der Waals surface area contributed by atoms with Gasteiger partial charge in [-0.15, -0.1) is 0 Å². The highest BCUT2D eigenvalue weighted by Gasteiger charge is 2.24. The van der Waals surface area contributed by atoms with Crippen molar-refractivity contribution >= 4 is 38.3 Å². The highest BCUT2D eigenvalue weighted by atomic mass is 31.0. The van der Waals surface area contributed by atoms with E-state index in [9.17, 15) is 9.59 Å². The molecule has 0 saturated carbocycles. The van der Waals surface area contributed by atoms with Gasteiger partial charge in [0.1, 0.15) is 0 Å². The molecule has 0 saturated heterocycles. The fraction of sp³-hybridized carbons (Fsp3) is 0.125. The van der Waals surface area contributed by atoms with Gasteiger partial charge in [0.25, 0.3) is 5.91 Å². The van der Waals surface area contributed by atoms with Crippen LogP contribution in [0.5, 0.6) is 0 Å². The maximum absolute atomic E-state index is 12.8. The maximum atomic E-state index is 12.8. The summed E-state index contributed by atoms with van der Waals surface area (Å²) in [7, 11) is 2.41. The topological polar surface area (TPSA) is 61.4 Å². The van der Waals surface area contributed by atoms with Gasteiger partial charge in [0, 0.05) is 24.2 Å². The molecule has 22 heavy (non-hydrogen) atoms. The molecule has 1 aliphatic heterocycles. The van der Waals surface area contributed by atoms with E-state index < -0.39 is 0 Å². The van der Waals surface area contributed by atoms with Crippen LogP contribution < -0.4 is 15.3 Å². The van der Waals surface area contributed by atoms with Crippen LogP contribution in [0.25, 0.3) is 0 Å². The molecule has 0 aromatic heterocycles. The van der Waals surface area contributed by atoms with Gasteiger partial charge in [-0.3, -0.25) is 9.59 Å². The second kappa shape index (κ2) is 6.16.